The van der Waals surface area contributed by atoms with Crippen LogP contribution in [0.25, 0.3) is 0 Å². The van der Waals surface area contributed by atoms with Crippen molar-refractivity contribution in [2.45, 2.75) is 20.4 Å². The number of amides is 1. The number of hydrogen-bond donors (Lipinski definition) is 3. The Morgan fingerprint density at radius 2 is 1.71 bits per heavy atom. The van der Waals surface area contributed by atoms with Gasteiger partial charge < -0.3 is 16.0 Å². The molecule has 0 aliphatic rings. The molecule has 5 nitrogen and oxygen atoms in total. The second-order valence-electron chi connectivity index (χ2n) is 4.13. The predicted octanol–water partition coefficient (Wildman–Crippen LogP) is 1.63. The molecule has 21 heavy (non-hydrogen) atoms. The molecule has 0 aliphatic heterocycles. The van der Waals surface area contributed by atoms with E-state index in [0.717, 1.165) is 5.56 Å². The van der Waals surface area contributed by atoms with E-state index in [1.54, 1.807) is 12.1 Å². The highest BCUT2D eigenvalue weighted by atomic mass is 127. The average molecular weight is 408 g/mol. The molecule has 0 heterocycles. The number of hydrogen-bond acceptors (Lipinski definition) is 2. The fourth-order valence-corrected chi connectivity index (χ4v) is 1.53. The third kappa shape index (κ3) is 8.49. The minimum atomic E-state index is -0.265. The zero-order valence-corrected chi connectivity index (χ0v) is 14.6. The lowest BCUT2D eigenvalue weighted by molar-refractivity contribution is -0.119. The van der Waals surface area contributed by atoms with Crippen LogP contribution >= 0.6 is 24.0 Å². The lowest BCUT2D eigenvalue weighted by atomic mass is 10.2. The smallest absolute Gasteiger partial charge is 0.239 e. The molecule has 0 aliphatic carbocycles. The SMILES string of the molecule is CCNC(=O)CNC(=NCc1ccc(F)cc1)NCC.I. The number of aliphatic imine (C=N–C) groups is 1. The molecule has 3 N–H and O–H groups in total. The summed E-state index contributed by atoms with van der Waals surface area (Å²) < 4.78 is 12.8. The molecular formula is C14H22FIN4O. The van der Waals surface area contributed by atoms with E-state index in [9.17, 15) is 9.18 Å². The molecule has 0 radical (unpaired) electrons. The van der Waals surface area contributed by atoms with E-state index in [2.05, 4.69) is 20.9 Å². The molecule has 1 aromatic rings. The maximum atomic E-state index is 12.8. The van der Waals surface area contributed by atoms with Gasteiger partial charge in [0.1, 0.15) is 5.82 Å². The largest absolute Gasteiger partial charge is 0.357 e. The van der Waals surface area contributed by atoms with Crippen LogP contribution in [0.15, 0.2) is 29.3 Å². The van der Waals surface area contributed by atoms with Crippen molar-refractivity contribution in [1.82, 2.24) is 16.0 Å². The highest BCUT2D eigenvalue weighted by Crippen LogP contribution is 2.03. The highest BCUT2D eigenvalue weighted by Gasteiger charge is 2.02. The zero-order valence-electron chi connectivity index (χ0n) is 12.3. The van der Waals surface area contributed by atoms with Gasteiger partial charge in [-0.15, -0.1) is 24.0 Å². The van der Waals surface area contributed by atoms with Gasteiger partial charge in [0, 0.05) is 13.1 Å². The quantitative estimate of drug-likeness (QED) is 0.381. The monoisotopic (exact) mass is 408 g/mol. The van der Waals surface area contributed by atoms with Crippen molar-refractivity contribution >= 4 is 35.8 Å². The summed E-state index contributed by atoms with van der Waals surface area (Å²) >= 11 is 0. The Kier molecular flexibility index (Phi) is 10.6. The molecule has 0 atom stereocenters. The van der Waals surface area contributed by atoms with Crippen LogP contribution in [0.4, 0.5) is 4.39 Å². The van der Waals surface area contributed by atoms with Crippen LogP contribution in [0.5, 0.6) is 0 Å². The third-order valence-corrected chi connectivity index (χ3v) is 2.47. The average Bonchev–Trinajstić information content (AvgIpc) is 2.44. The number of nitrogens with zero attached hydrogens (tertiary/aromatic N) is 1. The van der Waals surface area contributed by atoms with Gasteiger partial charge in [0.25, 0.3) is 0 Å². The minimum Gasteiger partial charge on any atom is -0.357 e. The van der Waals surface area contributed by atoms with Crippen molar-refractivity contribution in [2.24, 2.45) is 4.99 Å². The van der Waals surface area contributed by atoms with E-state index >= 15 is 0 Å². The van der Waals surface area contributed by atoms with Gasteiger partial charge in [-0.2, -0.15) is 0 Å². The van der Waals surface area contributed by atoms with Crippen molar-refractivity contribution in [3.63, 3.8) is 0 Å². The number of benzene rings is 1. The minimum absolute atomic E-state index is 0. The second kappa shape index (κ2) is 11.3. The van der Waals surface area contributed by atoms with E-state index in [1.807, 2.05) is 13.8 Å². The molecule has 7 heteroatoms. The van der Waals surface area contributed by atoms with Crippen LogP contribution in [0, 0.1) is 5.82 Å². The number of likely N-dealkylation sites (N-methyl/N-ethyl adjacent to an activating group) is 1. The predicted molar refractivity (Wildman–Crippen MR) is 93.3 cm³/mol. The van der Waals surface area contributed by atoms with Gasteiger partial charge in [-0.3, -0.25) is 4.79 Å². The molecule has 0 saturated heterocycles. The van der Waals surface area contributed by atoms with Crippen LogP contribution in [-0.2, 0) is 11.3 Å². The van der Waals surface area contributed by atoms with E-state index < -0.39 is 0 Å². The summed E-state index contributed by atoms with van der Waals surface area (Å²) in [5, 5.41) is 8.68. The van der Waals surface area contributed by atoms with Gasteiger partial charge in [0.2, 0.25) is 5.91 Å². The first-order valence-corrected chi connectivity index (χ1v) is 6.69. The van der Waals surface area contributed by atoms with Crippen LogP contribution in [0.3, 0.4) is 0 Å². The maximum absolute atomic E-state index is 12.8. The Bertz CT molecular complexity index is 451. The van der Waals surface area contributed by atoms with Gasteiger partial charge in [0.15, 0.2) is 5.96 Å². The summed E-state index contributed by atoms with van der Waals surface area (Å²) in [4.78, 5) is 15.7. The van der Waals surface area contributed by atoms with Crippen LogP contribution in [0.1, 0.15) is 19.4 Å². The molecule has 0 spiro atoms. The van der Waals surface area contributed by atoms with Crippen molar-refractivity contribution in [1.29, 1.82) is 0 Å². The number of nitrogens with one attached hydrogen (secondary N) is 3. The Balaban J connectivity index is 0.00000400. The summed E-state index contributed by atoms with van der Waals surface area (Å²) in [5.41, 5.74) is 0.904. The number of halogens is 2. The van der Waals surface area contributed by atoms with E-state index in [4.69, 9.17) is 0 Å². The molecule has 0 aromatic heterocycles. The Hall–Kier alpha value is -1.38. The van der Waals surface area contributed by atoms with Crippen molar-refractivity contribution < 1.29 is 9.18 Å². The highest BCUT2D eigenvalue weighted by molar-refractivity contribution is 14.0. The number of rotatable bonds is 6. The maximum Gasteiger partial charge on any atom is 0.239 e. The van der Waals surface area contributed by atoms with E-state index in [-0.39, 0.29) is 42.2 Å². The number of carbonyl (C=O) groups excluding carboxylic acids is 1. The molecule has 0 bridgehead atoms. The van der Waals surface area contributed by atoms with Crippen LogP contribution in [-0.4, -0.2) is 31.5 Å². The Morgan fingerprint density at radius 1 is 1.10 bits per heavy atom. The van der Waals surface area contributed by atoms with E-state index in [0.29, 0.717) is 25.6 Å². The fourth-order valence-electron chi connectivity index (χ4n) is 1.53. The molecule has 0 saturated carbocycles. The Labute approximate surface area is 141 Å². The molecule has 1 amide bonds. The van der Waals surface area contributed by atoms with Gasteiger partial charge in [-0.25, -0.2) is 9.38 Å². The van der Waals surface area contributed by atoms with Gasteiger partial charge in [0.05, 0.1) is 13.1 Å². The van der Waals surface area contributed by atoms with E-state index in [1.165, 1.54) is 12.1 Å². The van der Waals surface area contributed by atoms with Gasteiger partial charge >= 0.3 is 0 Å². The summed E-state index contributed by atoms with van der Waals surface area (Å²) in [6.07, 6.45) is 0. The summed E-state index contributed by atoms with van der Waals surface area (Å²) in [6.45, 7) is 5.70. The summed E-state index contributed by atoms with van der Waals surface area (Å²) in [5.74, 6) is 0.210. The first kappa shape index (κ1) is 19.6. The number of carbonyl (C=O) groups is 1. The molecule has 118 valence electrons. The van der Waals surface area contributed by atoms with Gasteiger partial charge in [-0.1, -0.05) is 12.1 Å². The third-order valence-electron chi connectivity index (χ3n) is 2.47. The number of guanidine groups is 1. The molecule has 1 rings (SSSR count). The molecule has 0 unspecified atom stereocenters. The van der Waals surface area contributed by atoms with Gasteiger partial charge in [-0.05, 0) is 31.5 Å². The summed E-state index contributed by atoms with van der Waals surface area (Å²) in [6, 6.07) is 6.18. The normalized spacial score (nSPS) is 10.5. The van der Waals surface area contributed by atoms with Crippen molar-refractivity contribution in [3.8, 4) is 0 Å². The van der Waals surface area contributed by atoms with Crippen LogP contribution < -0.4 is 16.0 Å². The first-order valence-electron chi connectivity index (χ1n) is 6.69. The lowest BCUT2D eigenvalue weighted by Gasteiger charge is -2.11. The second-order valence-corrected chi connectivity index (χ2v) is 4.13. The molecule has 0 fully saturated rings. The first-order chi connectivity index (χ1) is 9.65. The standard InChI is InChI=1S/C14H21FN4O.HI/c1-3-16-13(20)10-19-14(17-4-2)18-9-11-5-7-12(15)8-6-11;/h5-8H,3-4,9-10H2,1-2H3,(H,16,20)(H2,17,18,19);1H. The molecule has 1 aromatic carbocycles. The Morgan fingerprint density at radius 3 is 2.29 bits per heavy atom. The van der Waals surface area contributed by atoms with Crippen molar-refractivity contribution in [2.75, 3.05) is 19.6 Å². The lowest BCUT2D eigenvalue weighted by Crippen LogP contribution is -2.43. The molecular weight excluding hydrogens is 386 g/mol. The fraction of sp³-hybridized carbons (Fsp3) is 0.429. The summed E-state index contributed by atoms with van der Waals surface area (Å²) in [7, 11) is 0. The van der Waals surface area contributed by atoms with Crippen LogP contribution in [0.2, 0.25) is 0 Å². The topological polar surface area (TPSA) is 65.5 Å². The zero-order chi connectivity index (χ0) is 14.8. The van der Waals surface area contributed by atoms with Crippen molar-refractivity contribution in [3.05, 3.63) is 35.6 Å².